The second kappa shape index (κ2) is 5.48. The molecule has 0 bridgehead atoms. The van der Waals surface area contributed by atoms with Crippen molar-refractivity contribution in [1.82, 2.24) is 4.31 Å². The van der Waals surface area contributed by atoms with Crippen LogP contribution < -0.4 is 5.73 Å². The van der Waals surface area contributed by atoms with Crippen LogP contribution in [0, 0.1) is 0 Å². The fourth-order valence-corrected chi connectivity index (χ4v) is 3.29. The van der Waals surface area contributed by atoms with Crippen molar-refractivity contribution < 1.29 is 8.76 Å². The van der Waals surface area contributed by atoms with Crippen molar-refractivity contribution in [2.45, 2.75) is 31.2 Å². The third-order valence-corrected chi connectivity index (χ3v) is 4.83. The van der Waals surface area contributed by atoms with Gasteiger partial charge in [-0.25, -0.2) is 4.31 Å². The summed E-state index contributed by atoms with van der Waals surface area (Å²) in [4.78, 5) is 0. The smallest absolute Gasteiger partial charge is 0.0209 e. The van der Waals surface area contributed by atoms with Crippen molar-refractivity contribution in [3.05, 3.63) is 35.9 Å². The molecular weight excluding hydrogens is 248 g/mol. The maximum Gasteiger partial charge on any atom is 0.0209 e. The van der Waals surface area contributed by atoms with Gasteiger partial charge in [0.05, 0.1) is 0 Å². The highest BCUT2D eigenvalue weighted by Crippen LogP contribution is 2.38. The average molecular weight is 267 g/mol. The lowest BCUT2D eigenvalue weighted by Crippen LogP contribution is -2.51. The molecule has 1 saturated heterocycles. The van der Waals surface area contributed by atoms with Gasteiger partial charge in [0, 0.05) is 35.8 Å². The van der Waals surface area contributed by atoms with Gasteiger partial charge < -0.3 is 10.3 Å². The van der Waals surface area contributed by atoms with E-state index in [1.807, 2.05) is 25.1 Å². The van der Waals surface area contributed by atoms with E-state index in [1.54, 1.807) is 0 Å². The van der Waals surface area contributed by atoms with E-state index in [2.05, 4.69) is 12.1 Å². The number of rotatable bonds is 3. The van der Waals surface area contributed by atoms with Gasteiger partial charge in [0.25, 0.3) is 0 Å². The molecule has 0 saturated carbocycles. The summed E-state index contributed by atoms with van der Waals surface area (Å²) in [6.07, 6.45) is 1.56. The predicted molar refractivity (Wildman–Crippen MR) is 71.5 cm³/mol. The van der Waals surface area contributed by atoms with Crippen LogP contribution in [-0.2, 0) is 16.7 Å². The highest BCUT2D eigenvalue weighted by molar-refractivity contribution is 7.76. The SMILES string of the molecule is CC(N)C1(c2ccccc2)CCN(S(=O)[O-])CC1. The predicted octanol–water partition coefficient (Wildman–Crippen LogP) is 1.16. The zero-order chi connectivity index (χ0) is 13.2. The van der Waals surface area contributed by atoms with Crippen LogP contribution in [0.25, 0.3) is 0 Å². The van der Waals surface area contributed by atoms with Gasteiger partial charge in [-0.2, -0.15) is 0 Å². The lowest BCUT2D eigenvalue weighted by Gasteiger charge is -2.45. The quantitative estimate of drug-likeness (QED) is 0.836. The molecule has 18 heavy (non-hydrogen) atoms. The number of hydrogen-bond acceptors (Lipinski definition) is 3. The molecule has 2 N–H and O–H groups in total. The van der Waals surface area contributed by atoms with Gasteiger partial charge >= 0.3 is 0 Å². The normalized spacial score (nSPS) is 23.5. The van der Waals surface area contributed by atoms with Gasteiger partial charge in [-0.15, -0.1) is 0 Å². The Hall–Kier alpha value is -0.750. The van der Waals surface area contributed by atoms with Gasteiger partial charge in [0.15, 0.2) is 0 Å². The average Bonchev–Trinajstić information content (AvgIpc) is 2.39. The Kier molecular flexibility index (Phi) is 4.17. The van der Waals surface area contributed by atoms with E-state index in [0.717, 1.165) is 12.8 Å². The summed E-state index contributed by atoms with van der Waals surface area (Å²) >= 11 is -2.11. The van der Waals surface area contributed by atoms with Gasteiger partial charge in [0.2, 0.25) is 0 Å². The summed E-state index contributed by atoms with van der Waals surface area (Å²) in [5.74, 6) is 0. The lowest BCUT2D eigenvalue weighted by molar-refractivity contribution is 0.203. The zero-order valence-electron chi connectivity index (χ0n) is 10.5. The molecule has 0 aliphatic carbocycles. The molecule has 1 heterocycles. The molecular formula is C13H19N2O2S-. The number of benzene rings is 1. The minimum atomic E-state index is -2.11. The van der Waals surface area contributed by atoms with Crippen LogP contribution >= 0.6 is 0 Å². The number of nitrogens with two attached hydrogens (primary N) is 1. The third-order valence-electron chi connectivity index (χ3n) is 4.05. The van der Waals surface area contributed by atoms with E-state index >= 15 is 0 Å². The molecule has 0 aromatic heterocycles. The summed E-state index contributed by atoms with van der Waals surface area (Å²) in [6, 6.07) is 10.2. The molecule has 0 spiro atoms. The first kappa shape index (κ1) is 13.7. The number of nitrogens with zero attached hydrogens (tertiary/aromatic N) is 1. The topological polar surface area (TPSA) is 69.4 Å². The van der Waals surface area contributed by atoms with Crippen molar-refractivity contribution in [2.75, 3.05) is 13.1 Å². The molecule has 4 nitrogen and oxygen atoms in total. The van der Waals surface area contributed by atoms with Crippen molar-refractivity contribution in [1.29, 1.82) is 0 Å². The molecule has 0 amide bonds. The summed E-state index contributed by atoms with van der Waals surface area (Å²) in [6.45, 7) is 3.11. The van der Waals surface area contributed by atoms with Crippen LogP contribution in [0.15, 0.2) is 30.3 Å². The lowest BCUT2D eigenvalue weighted by atomic mass is 9.69. The minimum absolute atomic E-state index is 0.0159. The van der Waals surface area contributed by atoms with Gasteiger partial charge in [-0.3, -0.25) is 4.21 Å². The fraction of sp³-hybridized carbons (Fsp3) is 0.538. The first-order valence-electron chi connectivity index (χ1n) is 6.22. The Morgan fingerprint density at radius 3 is 2.33 bits per heavy atom. The van der Waals surface area contributed by atoms with Crippen molar-refractivity contribution in [2.24, 2.45) is 5.73 Å². The second-order valence-electron chi connectivity index (χ2n) is 4.96. The maximum atomic E-state index is 11.0. The van der Waals surface area contributed by atoms with Crippen LogP contribution in [0.1, 0.15) is 25.3 Å². The van der Waals surface area contributed by atoms with Crippen molar-refractivity contribution in [3.8, 4) is 0 Å². The van der Waals surface area contributed by atoms with Crippen LogP contribution in [0.4, 0.5) is 0 Å². The molecule has 5 heteroatoms. The highest BCUT2D eigenvalue weighted by atomic mass is 32.2. The largest absolute Gasteiger partial charge is 0.760 e. The Morgan fingerprint density at radius 2 is 1.89 bits per heavy atom. The molecule has 2 rings (SSSR count). The first-order valence-corrected chi connectivity index (χ1v) is 7.25. The molecule has 1 aromatic rings. The monoisotopic (exact) mass is 267 g/mol. The molecule has 1 aliphatic rings. The van der Waals surface area contributed by atoms with Gasteiger partial charge in [-0.05, 0) is 25.3 Å². The minimum Gasteiger partial charge on any atom is -0.760 e. The molecule has 1 aliphatic heterocycles. The third kappa shape index (κ3) is 2.49. The molecule has 0 radical (unpaired) electrons. The van der Waals surface area contributed by atoms with E-state index < -0.39 is 11.3 Å². The van der Waals surface area contributed by atoms with Crippen LogP contribution in [-0.4, -0.2) is 32.2 Å². The van der Waals surface area contributed by atoms with E-state index in [4.69, 9.17) is 5.73 Å². The maximum absolute atomic E-state index is 11.0. The van der Waals surface area contributed by atoms with E-state index in [-0.39, 0.29) is 11.5 Å². The summed E-state index contributed by atoms with van der Waals surface area (Å²) in [7, 11) is 0. The molecule has 100 valence electrons. The first-order chi connectivity index (χ1) is 8.56. The number of piperidine rings is 1. The van der Waals surface area contributed by atoms with E-state index in [9.17, 15) is 8.76 Å². The van der Waals surface area contributed by atoms with E-state index in [0.29, 0.717) is 13.1 Å². The van der Waals surface area contributed by atoms with Crippen LogP contribution in [0.2, 0.25) is 0 Å². The van der Waals surface area contributed by atoms with Gasteiger partial charge in [0.1, 0.15) is 0 Å². The standard InChI is InChI=1S/C13H20N2O2S/c1-11(14)13(12-5-3-2-4-6-12)7-9-15(10-8-13)18(16)17/h2-6,11H,7-10,14H2,1H3,(H,16,17)/p-1. The zero-order valence-corrected chi connectivity index (χ0v) is 11.4. The molecule has 2 atom stereocenters. The summed E-state index contributed by atoms with van der Waals surface area (Å²) in [5.41, 5.74) is 7.30. The molecule has 1 fully saturated rings. The summed E-state index contributed by atoms with van der Waals surface area (Å²) in [5, 5.41) is 0. The Labute approximate surface area is 111 Å². The number of hydrogen-bond donors (Lipinski definition) is 1. The van der Waals surface area contributed by atoms with Crippen molar-refractivity contribution in [3.63, 3.8) is 0 Å². The molecule has 1 aromatic carbocycles. The Bertz CT molecular complexity index is 414. The van der Waals surface area contributed by atoms with Gasteiger partial charge in [-0.1, -0.05) is 30.3 Å². The Morgan fingerprint density at radius 1 is 1.33 bits per heavy atom. The highest BCUT2D eigenvalue weighted by Gasteiger charge is 2.39. The second-order valence-corrected chi connectivity index (χ2v) is 5.91. The fourth-order valence-electron chi connectivity index (χ4n) is 2.81. The van der Waals surface area contributed by atoms with Crippen molar-refractivity contribution >= 4 is 11.3 Å². The van der Waals surface area contributed by atoms with Crippen LogP contribution in [0.5, 0.6) is 0 Å². The Balaban J connectivity index is 2.24. The van der Waals surface area contributed by atoms with E-state index in [1.165, 1.54) is 9.87 Å². The summed E-state index contributed by atoms with van der Waals surface area (Å²) < 4.78 is 23.4. The van der Waals surface area contributed by atoms with Crippen LogP contribution in [0.3, 0.4) is 0 Å². The molecule has 2 unspecified atom stereocenters.